The van der Waals surface area contributed by atoms with Crippen LogP contribution in [0.4, 0.5) is 5.69 Å². The zero-order chi connectivity index (χ0) is 26.4. The van der Waals surface area contributed by atoms with Crippen LogP contribution in [0.2, 0.25) is 0 Å². The van der Waals surface area contributed by atoms with Crippen molar-refractivity contribution < 1.29 is 14.5 Å². The number of nitro groups is 1. The van der Waals surface area contributed by atoms with E-state index >= 15 is 0 Å². The molecule has 0 aliphatic rings. The first kappa shape index (κ1) is 26.2. The minimum absolute atomic E-state index is 0.00369. The number of hydrogen-bond donors (Lipinski definition) is 1. The molecule has 190 valence electrons. The van der Waals surface area contributed by atoms with Crippen molar-refractivity contribution >= 4 is 40.2 Å². The molecular formula is C27H26N4O4S2. The molecule has 0 unspecified atom stereocenters. The molecule has 0 radical (unpaired) electrons. The van der Waals surface area contributed by atoms with E-state index in [-0.39, 0.29) is 17.5 Å². The molecule has 0 bridgehead atoms. The van der Waals surface area contributed by atoms with Crippen LogP contribution in [-0.2, 0) is 22.4 Å². The van der Waals surface area contributed by atoms with E-state index in [1.807, 2.05) is 53.2 Å². The molecule has 0 aliphatic heterocycles. The van der Waals surface area contributed by atoms with Crippen LogP contribution in [0.25, 0.3) is 9.88 Å². The van der Waals surface area contributed by atoms with E-state index in [9.17, 15) is 19.7 Å². The van der Waals surface area contributed by atoms with Gasteiger partial charge < -0.3 is 10.2 Å². The Labute approximate surface area is 222 Å². The van der Waals surface area contributed by atoms with Gasteiger partial charge in [-0.25, -0.2) is 4.98 Å². The van der Waals surface area contributed by atoms with Crippen LogP contribution in [-0.4, -0.2) is 39.7 Å². The Morgan fingerprint density at radius 1 is 1.00 bits per heavy atom. The summed E-state index contributed by atoms with van der Waals surface area (Å²) in [5.41, 5.74) is 2.46. The molecule has 1 N–H and O–H groups in total. The minimum atomic E-state index is -0.713. The number of amides is 2. The van der Waals surface area contributed by atoms with Gasteiger partial charge in [-0.15, -0.1) is 22.7 Å². The number of thiazole rings is 1. The van der Waals surface area contributed by atoms with E-state index < -0.39 is 17.0 Å². The lowest BCUT2D eigenvalue weighted by Crippen LogP contribution is -2.49. The molecule has 8 nitrogen and oxygen atoms in total. The molecule has 2 heterocycles. The Hall–Kier alpha value is -3.89. The van der Waals surface area contributed by atoms with E-state index in [0.717, 1.165) is 21.0 Å². The van der Waals surface area contributed by atoms with Crippen molar-refractivity contribution in [1.82, 2.24) is 15.2 Å². The Kier molecular flexibility index (Phi) is 8.42. The van der Waals surface area contributed by atoms with Crippen LogP contribution in [0.3, 0.4) is 0 Å². The highest BCUT2D eigenvalue weighted by Crippen LogP contribution is 2.31. The van der Waals surface area contributed by atoms with Crippen molar-refractivity contribution in [3.63, 3.8) is 0 Å². The predicted molar refractivity (Wildman–Crippen MR) is 145 cm³/mol. The van der Waals surface area contributed by atoms with Crippen molar-refractivity contribution in [3.05, 3.63) is 104 Å². The van der Waals surface area contributed by atoms with E-state index in [1.165, 1.54) is 35.3 Å². The zero-order valence-electron chi connectivity index (χ0n) is 20.4. The molecule has 4 aromatic rings. The number of aromatic nitrogens is 1. The molecule has 4 rings (SSSR count). The minimum Gasteiger partial charge on any atom is -0.346 e. The first-order chi connectivity index (χ1) is 17.8. The Morgan fingerprint density at radius 3 is 2.32 bits per heavy atom. The third-order valence-electron chi connectivity index (χ3n) is 6.05. The summed E-state index contributed by atoms with van der Waals surface area (Å²) in [5, 5.41) is 18.9. The van der Waals surface area contributed by atoms with Crippen molar-refractivity contribution in [2.24, 2.45) is 0 Å². The number of non-ortho nitro benzene ring substituents is 1. The van der Waals surface area contributed by atoms with Gasteiger partial charge in [0.05, 0.1) is 21.5 Å². The lowest BCUT2D eigenvalue weighted by molar-refractivity contribution is -0.384. The number of nitrogens with one attached hydrogen (secondary N) is 1. The van der Waals surface area contributed by atoms with Crippen molar-refractivity contribution in [2.45, 2.75) is 31.8 Å². The average molecular weight is 535 g/mol. The molecule has 0 saturated heterocycles. The number of nitrogens with zero attached hydrogens (tertiary/aromatic N) is 3. The Bertz CT molecular complexity index is 1350. The fraction of sp³-hybridized carbons (Fsp3) is 0.222. The maximum atomic E-state index is 13.6. The number of hydrogen-bond acceptors (Lipinski definition) is 7. The summed E-state index contributed by atoms with van der Waals surface area (Å²) in [4.78, 5) is 43.8. The van der Waals surface area contributed by atoms with Gasteiger partial charge in [-0.3, -0.25) is 19.7 Å². The van der Waals surface area contributed by atoms with Crippen LogP contribution in [0, 0.1) is 10.1 Å². The second-order valence-electron chi connectivity index (χ2n) is 8.58. The summed E-state index contributed by atoms with van der Waals surface area (Å²) >= 11 is 3.09. The van der Waals surface area contributed by atoms with Crippen molar-refractivity contribution in [2.75, 3.05) is 7.05 Å². The average Bonchev–Trinajstić information content (AvgIpc) is 3.60. The predicted octanol–water partition coefficient (Wildman–Crippen LogP) is 5.27. The van der Waals surface area contributed by atoms with Crippen LogP contribution in [0.1, 0.15) is 29.8 Å². The molecule has 0 aliphatic carbocycles. The summed E-state index contributed by atoms with van der Waals surface area (Å²) in [6, 6.07) is 18.6. The topological polar surface area (TPSA) is 105 Å². The monoisotopic (exact) mass is 534 g/mol. The summed E-state index contributed by atoms with van der Waals surface area (Å²) in [6.07, 6.45) is 0.754. The quantitative estimate of drug-likeness (QED) is 0.220. The first-order valence-electron chi connectivity index (χ1n) is 11.6. The van der Waals surface area contributed by atoms with Gasteiger partial charge in [-0.05, 0) is 29.0 Å². The largest absolute Gasteiger partial charge is 0.346 e. The van der Waals surface area contributed by atoms with Crippen molar-refractivity contribution in [3.8, 4) is 9.88 Å². The molecule has 2 atom stereocenters. The summed E-state index contributed by atoms with van der Waals surface area (Å²) in [5.74, 6) is -0.504. The van der Waals surface area contributed by atoms with Crippen LogP contribution < -0.4 is 5.32 Å². The molecule has 0 fully saturated rings. The van der Waals surface area contributed by atoms with E-state index in [4.69, 9.17) is 4.98 Å². The first-order valence-corrected chi connectivity index (χ1v) is 13.4. The van der Waals surface area contributed by atoms with Gasteiger partial charge in [0, 0.05) is 37.9 Å². The normalized spacial score (nSPS) is 12.5. The summed E-state index contributed by atoms with van der Waals surface area (Å²) < 4.78 is 0. The summed E-state index contributed by atoms with van der Waals surface area (Å²) in [7, 11) is 1.62. The Balaban J connectivity index is 1.62. The number of thiophene rings is 1. The van der Waals surface area contributed by atoms with Crippen molar-refractivity contribution in [1.29, 1.82) is 0 Å². The highest BCUT2D eigenvalue weighted by Gasteiger charge is 2.29. The van der Waals surface area contributed by atoms with Gasteiger partial charge in [0.25, 0.3) is 5.69 Å². The summed E-state index contributed by atoms with van der Waals surface area (Å²) in [6.45, 7) is 1.44. The van der Waals surface area contributed by atoms with Crippen LogP contribution in [0.5, 0.6) is 0 Å². The maximum absolute atomic E-state index is 13.6. The molecule has 10 heteroatoms. The van der Waals surface area contributed by atoms with Gasteiger partial charge in [0.1, 0.15) is 11.0 Å². The molecule has 0 spiro atoms. The maximum Gasteiger partial charge on any atom is 0.269 e. The number of likely N-dealkylation sites (N-methyl/N-ethyl adjacent to an activating group) is 1. The molecule has 2 aromatic heterocycles. The van der Waals surface area contributed by atoms with Gasteiger partial charge in [-0.1, -0.05) is 48.5 Å². The van der Waals surface area contributed by atoms with Gasteiger partial charge in [0.15, 0.2) is 0 Å². The number of rotatable bonds is 10. The van der Waals surface area contributed by atoms with Crippen LogP contribution in [0.15, 0.2) is 77.5 Å². The molecule has 0 saturated carbocycles. The SMILES string of the molecule is CC(=O)N(C)[C@@H](Cc1ccccc1)C(=O)N[C@@H](Cc1ccc([N+](=O)[O-])cc1)c1csc(-c2cccs2)n1. The fourth-order valence-electron chi connectivity index (χ4n) is 3.91. The van der Waals surface area contributed by atoms with E-state index in [1.54, 1.807) is 30.5 Å². The van der Waals surface area contributed by atoms with Gasteiger partial charge >= 0.3 is 0 Å². The van der Waals surface area contributed by atoms with E-state index in [0.29, 0.717) is 18.5 Å². The van der Waals surface area contributed by atoms with E-state index in [2.05, 4.69) is 5.32 Å². The standard InChI is InChI=1S/C27H26N4O4S2/c1-18(32)30(2)24(16-19-7-4-3-5-8-19)26(33)28-22(15-20-10-12-21(13-11-20)31(34)35)23-17-37-27(29-23)25-9-6-14-36-25/h3-14,17,22,24H,15-16H2,1-2H3,(H,28,33)/t22-,24-/m0/s1. The highest BCUT2D eigenvalue weighted by molar-refractivity contribution is 7.20. The number of carbonyl (C=O) groups is 2. The highest BCUT2D eigenvalue weighted by atomic mass is 32.1. The number of benzene rings is 2. The third-order valence-corrected chi connectivity index (χ3v) is 7.95. The smallest absolute Gasteiger partial charge is 0.269 e. The second-order valence-corrected chi connectivity index (χ2v) is 10.4. The fourth-order valence-corrected chi connectivity index (χ4v) is 5.60. The molecular weight excluding hydrogens is 508 g/mol. The zero-order valence-corrected chi connectivity index (χ0v) is 22.0. The molecule has 37 heavy (non-hydrogen) atoms. The Morgan fingerprint density at radius 2 is 1.70 bits per heavy atom. The van der Waals surface area contributed by atoms with Gasteiger partial charge in [-0.2, -0.15) is 0 Å². The second kappa shape index (κ2) is 11.9. The third kappa shape index (κ3) is 6.66. The lowest BCUT2D eigenvalue weighted by Gasteiger charge is -2.28. The molecule has 2 amide bonds. The van der Waals surface area contributed by atoms with Crippen LogP contribution >= 0.6 is 22.7 Å². The number of nitro benzene ring substituents is 1. The molecule has 2 aromatic carbocycles. The van der Waals surface area contributed by atoms with Gasteiger partial charge in [0.2, 0.25) is 11.8 Å². The number of carbonyl (C=O) groups excluding carboxylic acids is 2. The lowest BCUT2D eigenvalue weighted by atomic mass is 10.0.